The molecule has 1 fully saturated rings. The van der Waals surface area contributed by atoms with Crippen LogP contribution in [0.2, 0.25) is 10.0 Å². The number of benzene rings is 1. The summed E-state index contributed by atoms with van der Waals surface area (Å²) in [5.41, 5.74) is 6.48. The van der Waals surface area contributed by atoms with E-state index in [0.717, 1.165) is 32.5 Å². The Hall–Kier alpha value is -0.970. The molecule has 0 aromatic heterocycles. The predicted octanol–water partition coefficient (Wildman–Crippen LogP) is 2.79. The van der Waals surface area contributed by atoms with Gasteiger partial charge in [-0.05, 0) is 38.1 Å². The van der Waals surface area contributed by atoms with Crippen molar-refractivity contribution in [3.05, 3.63) is 27.7 Å². The number of rotatable bonds is 3. The van der Waals surface area contributed by atoms with Crippen molar-refractivity contribution in [2.24, 2.45) is 0 Å². The van der Waals surface area contributed by atoms with Crippen molar-refractivity contribution in [1.82, 2.24) is 10.2 Å². The fraction of sp³-hybridized carbons (Fsp3) is 0.500. The van der Waals surface area contributed by atoms with Crippen molar-refractivity contribution >= 4 is 34.8 Å². The number of halogens is 2. The molecule has 0 radical (unpaired) electrons. The largest absolute Gasteiger partial charge is 0.399 e. The SMILES string of the molecule is CCN1CCCC(NC(=O)c2cc(N)cc(Cl)c2Cl)C1. The molecule has 1 aliphatic rings. The second kappa shape index (κ2) is 6.66. The molecule has 3 N–H and O–H groups in total. The Morgan fingerprint density at radius 1 is 1.50 bits per heavy atom. The van der Waals surface area contributed by atoms with Gasteiger partial charge in [-0.25, -0.2) is 0 Å². The highest BCUT2D eigenvalue weighted by Gasteiger charge is 2.22. The third-order valence-corrected chi connectivity index (χ3v) is 4.39. The lowest BCUT2D eigenvalue weighted by molar-refractivity contribution is 0.0906. The molecule has 0 spiro atoms. The van der Waals surface area contributed by atoms with E-state index >= 15 is 0 Å². The number of nitrogens with one attached hydrogen (secondary N) is 1. The van der Waals surface area contributed by atoms with Crippen molar-refractivity contribution in [3.63, 3.8) is 0 Å². The fourth-order valence-electron chi connectivity index (χ4n) is 2.50. The highest BCUT2D eigenvalue weighted by molar-refractivity contribution is 6.44. The van der Waals surface area contributed by atoms with E-state index in [-0.39, 0.29) is 17.0 Å². The van der Waals surface area contributed by atoms with Crippen LogP contribution < -0.4 is 11.1 Å². The Kier molecular flexibility index (Phi) is 5.13. The van der Waals surface area contributed by atoms with Crippen molar-refractivity contribution in [1.29, 1.82) is 0 Å². The Balaban J connectivity index is 2.08. The number of anilines is 1. The second-order valence-electron chi connectivity index (χ2n) is 5.07. The quantitative estimate of drug-likeness (QED) is 0.843. The van der Waals surface area contributed by atoms with Gasteiger partial charge in [0.25, 0.3) is 5.91 Å². The average Bonchev–Trinajstić information content (AvgIpc) is 2.43. The maximum atomic E-state index is 12.3. The summed E-state index contributed by atoms with van der Waals surface area (Å²) in [7, 11) is 0. The van der Waals surface area contributed by atoms with Gasteiger partial charge in [-0.3, -0.25) is 4.79 Å². The van der Waals surface area contributed by atoms with Crippen molar-refractivity contribution in [3.8, 4) is 0 Å². The maximum Gasteiger partial charge on any atom is 0.253 e. The van der Waals surface area contributed by atoms with Crippen LogP contribution in [0.15, 0.2) is 12.1 Å². The first-order valence-corrected chi connectivity index (χ1v) is 7.54. The third kappa shape index (κ3) is 3.57. The fourth-order valence-corrected chi connectivity index (χ4v) is 2.92. The number of hydrogen-bond acceptors (Lipinski definition) is 3. The monoisotopic (exact) mass is 315 g/mol. The predicted molar refractivity (Wildman–Crippen MR) is 83.5 cm³/mol. The third-order valence-electron chi connectivity index (χ3n) is 3.58. The van der Waals surface area contributed by atoms with E-state index in [1.165, 1.54) is 0 Å². The van der Waals surface area contributed by atoms with Gasteiger partial charge in [0.2, 0.25) is 0 Å². The Morgan fingerprint density at radius 2 is 2.25 bits per heavy atom. The zero-order valence-electron chi connectivity index (χ0n) is 11.5. The van der Waals surface area contributed by atoms with E-state index in [1.54, 1.807) is 12.1 Å². The summed E-state index contributed by atoms with van der Waals surface area (Å²) in [6, 6.07) is 3.25. The molecule has 1 aromatic carbocycles. The van der Waals surface area contributed by atoms with Gasteiger partial charge in [0.1, 0.15) is 0 Å². The first kappa shape index (κ1) is 15.4. The van der Waals surface area contributed by atoms with E-state index in [1.807, 2.05) is 0 Å². The van der Waals surface area contributed by atoms with Gasteiger partial charge in [-0.15, -0.1) is 0 Å². The van der Waals surface area contributed by atoms with E-state index in [9.17, 15) is 4.79 Å². The summed E-state index contributed by atoms with van der Waals surface area (Å²) in [5.74, 6) is -0.216. The van der Waals surface area contributed by atoms with Crippen LogP contribution in [-0.4, -0.2) is 36.5 Å². The van der Waals surface area contributed by atoms with Crippen LogP contribution in [0, 0.1) is 0 Å². The molecule has 2 rings (SSSR count). The molecule has 1 heterocycles. The topological polar surface area (TPSA) is 58.4 Å². The minimum Gasteiger partial charge on any atom is -0.399 e. The van der Waals surface area contributed by atoms with E-state index in [4.69, 9.17) is 28.9 Å². The number of nitrogens with two attached hydrogens (primary N) is 1. The standard InChI is InChI=1S/C14H19Cl2N3O/c1-2-19-5-3-4-10(8-19)18-14(20)11-6-9(17)7-12(15)13(11)16/h6-7,10H,2-5,8,17H2,1H3,(H,18,20). The summed E-state index contributed by atoms with van der Waals surface area (Å²) < 4.78 is 0. The van der Waals surface area contributed by atoms with E-state index in [2.05, 4.69) is 17.1 Å². The number of carbonyl (C=O) groups is 1. The van der Waals surface area contributed by atoms with Crippen molar-refractivity contribution < 1.29 is 4.79 Å². The molecule has 0 aliphatic carbocycles. The first-order valence-electron chi connectivity index (χ1n) is 6.79. The van der Waals surface area contributed by atoms with E-state index in [0.29, 0.717) is 16.3 Å². The molecule has 1 atom stereocenters. The van der Waals surface area contributed by atoms with Crippen LogP contribution in [-0.2, 0) is 0 Å². The number of likely N-dealkylation sites (tertiary alicyclic amines) is 1. The Morgan fingerprint density at radius 3 is 2.95 bits per heavy atom. The van der Waals surface area contributed by atoms with Gasteiger partial charge >= 0.3 is 0 Å². The van der Waals surface area contributed by atoms with Crippen LogP contribution in [0.3, 0.4) is 0 Å². The molecular formula is C14H19Cl2N3O. The van der Waals surface area contributed by atoms with Crippen LogP contribution in [0.5, 0.6) is 0 Å². The summed E-state index contributed by atoms with van der Waals surface area (Å²) >= 11 is 12.0. The minimum atomic E-state index is -0.216. The molecule has 110 valence electrons. The van der Waals surface area contributed by atoms with E-state index < -0.39 is 0 Å². The zero-order valence-corrected chi connectivity index (χ0v) is 13.0. The summed E-state index contributed by atoms with van der Waals surface area (Å²) in [6.45, 7) is 5.08. The number of piperidine rings is 1. The number of nitrogen functional groups attached to an aromatic ring is 1. The molecule has 6 heteroatoms. The lowest BCUT2D eigenvalue weighted by Gasteiger charge is -2.32. The first-order chi connectivity index (χ1) is 9.51. The highest BCUT2D eigenvalue weighted by atomic mass is 35.5. The van der Waals surface area contributed by atoms with Crippen LogP contribution in [0.4, 0.5) is 5.69 Å². The van der Waals surface area contributed by atoms with Crippen LogP contribution in [0.1, 0.15) is 30.1 Å². The number of nitrogens with zero attached hydrogens (tertiary/aromatic N) is 1. The molecule has 0 bridgehead atoms. The number of amides is 1. The maximum absolute atomic E-state index is 12.3. The zero-order chi connectivity index (χ0) is 14.7. The smallest absolute Gasteiger partial charge is 0.253 e. The highest BCUT2D eigenvalue weighted by Crippen LogP contribution is 2.28. The average molecular weight is 316 g/mol. The summed E-state index contributed by atoms with van der Waals surface area (Å²) in [4.78, 5) is 14.6. The molecule has 4 nitrogen and oxygen atoms in total. The van der Waals surface area contributed by atoms with Crippen molar-refractivity contribution in [2.45, 2.75) is 25.8 Å². The van der Waals surface area contributed by atoms with Crippen LogP contribution >= 0.6 is 23.2 Å². The van der Waals surface area contributed by atoms with Crippen molar-refractivity contribution in [2.75, 3.05) is 25.4 Å². The molecule has 0 saturated carbocycles. The van der Waals surface area contributed by atoms with Gasteiger partial charge in [0.15, 0.2) is 0 Å². The molecule has 1 aromatic rings. The number of carbonyl (C=O) groups excluding carboxylic acids is 1. The summed E-state index contributed by atoms with van der Waals surface area (Å²) in [5, 5.41) is 3.57. The van der Waals surface area contributed by atoms with Gasteiger partial charge in [0.05, 0.1) is 15.6 Å². The lowest BCUT2D eigenvalue weighted by atomic mass is 10.0. The number of hydrogen-bond donors (Lipinski definition) is 2. The lowest BCUT2D eigenvalue weighted by Crippen LogP contribution is -2.47. The second-order valence-corrected chi connectivity index (χ2v) is 5.86. The summed E-state index contributed by atoms with van der Waals surface area (Å²) in [6.07, 6.45) is 2.07. The molecule has 1 amide bonds. The normalized spacial score (nSPS) is 19.9. The number of likely N-dealkylation sites (N-methyl/N-ethyl adjacent to an activating group) is 1. The molecule has 1 aliphatic heterocycles. The molecular weight excluding hydrogens is 297 g/mol. The van der Waals surface area contributed by atoms with Gasteiger partial charge in [-0.1, -0.05) is 30.1 Å². The molecule has 1 unspecified atom stereocenters. The molecule has 1 saturated heterocycles. The van der Waals surface area contributed by atoms with Gasteiger partial charge < -0.3 is 16.0 Å². The Labute approximate surface area is 129 Å². The molecule has 20 heavy (non-hydrogen) atoms. The van der Waals surface area contributed by atoms with Gasteiger partial charge in [-0.2, -0.15) is 0 Å². The Bertz CT molecular complexity index is 507. The van der Waals surface area contributed by atoms with Gasteiger partial charge in [0, 0.05) is 18.3 Å². The minimum absolute atomic E-state index is 0.146. The van der Waals surface area contributed by atoms with Crippen LogP contribution in [0.25, 0.3) is 0 Å².